The molecule has 0 radical (unpaired) electrons. The van der Waals surface area contributed by atoms with Crippen LogP contribution in [0.4, 0.5) is 0 Å². The number of esters is 1. The first-order valence-electron chi connectivity index (χ1n) is 6.95. The molecule has 0 saturated carbocycles. The lowest BCUT2D eigenvalue weighted by Gasteiger charge is -2.21. The highest BCUT2D eigenvalue weighted by atomic mass is 16.5. The molecule has 0 bridgehead atoms. The van der Waals surface area contributed by atoms with Crippen molar-refractivity contribution in [2.75, 3.05) is 13.7 Å². The monoisotopic (exact) mass is 287 g/mol. The minimum Gasteiger partial charge on any atom is -0.467 e. The smallest absolute Gasteiger partial charge is 0.328 e. The summed E-state index contributed by atoms with van der Waals surface area (Å²) in [6.45, 7) is 2.52. The Bertz CT molecular complexity index is 707. The van der Waals surface area contributed by atoms with Gasteiger partial charge in [0.15, 0.2) is 0 Å². The molecule has 1 amide bonds. The number of aromatic nitrogens is 2. The minimum absolute atomic E-state index is 0.217. The van der Waals surface area contributed by atoms with Crippen molar-refractivity contribution in [2.45, 2.75) is 25.8 Å². The summed E-state index contributed by atoms with van der Waals surface area (Å²) in [4.78, 5) is 30.3. The highest BCUT2D eigenvalue weighted by Crippen LogP contribution is 2.21. The molecule has 1 fully saturated rings. The number of carbonyl (C=O) groups is 2. The number of pyridine rings is 1. The number of carbonyl (C=O) groups excluding carboxylic acids is 2. The molecule has 6 heteroatoms. The van der Waals surface area contributed by atoms with Crippen LogP contribution in [0.1, 0.15) is 29.0 Å². The van der Waals surface area contributed by atoms with E-state index in [0.29, 0.717) is 18.7 Å². The van der Waals surface area contributed by atoms with E-state index in [0.717, 1.165) is 17.8 Å². The number of fused-ring (bicyclic) bond motifs is 1. The molecule has 0 N–H and O–H groups in total. The van der Waals surface area contributed by atoms with Gasteiger partial charge in [0.05, 0.1) is 7.11 Å². The zero-order valence-corrected chi connectivity index (χ0v) is 12.1. The summed E-state index contributed by atoms with van der Waals surface area (Å²) in [7, 11) is 1.34. The summed E-state index contributed by atoms with van der Waals surface area (Å²) in [6, 6.07) is 5.22. The molecule has 1 aliphatic rings. The second-order valence-electron chi connectivity index (χ2n) is 5.20. The third-order valence-electron chi connectivity index (χ3n) is 3.90. The summed E-state index contributed by atoms with van der Waals surface area (Å²) < 4.78 is 6.64. The average molecular weight is 287 g/mol. The summed E-state index contributed by atoms with van der Waals surface area (Å²) in [5.74, 6) is -0.577. The first-order valence-corrected chi connectivity index (χ1v) is 6.95. The van der Waals surface area contributed by atoms with E-state index in [1.807, 2.05) is 29.5 Å². The third-order valence-corrected chi connectivity index (χ3v) is 3.90. The van der Waals surface area contributed by atoms with E-state index in [1.165, 1.54) is 7.11 Å². The summed E-state index contributed by atoms with van der Waals surface area (Å²) in [5.41, 5.74) is 2.09. The molecule has 0 aromatic carbocycles. The molecule has 21 heavy (non-hydrogen) atoms. The van der Waals surface area contributed by atoms with E-state index in [2.05, 4.69) is 4.98 Å². The molecule has 3 heterocycles. The fourth-order valence-corrected chi connectivity index (χ4v) is 2.79. The van der Waals surface area contributed by atoms with Crippen LogP contribution in [-0.4, -0.2) is 45.9 Å². The van der Waals surface area contributed by atoms with E-state index < -0.39 is 6.04 Å². The van der Waals surface area contributed by atoms with E-state index in [9.17, 15) is 9.59 Å². The molecule has 1 aliphatic heterocycles. The van der Waals surface area contributed by atoms with Crippen LogP contribution in [0.3, 0.4) is 0 Å². The third kappa shape index (κ3) is 2.26. The van der Waals surface area contributed by atoms with Gasteiger partial charge in [-0.15, -0.1) is 0 Å². The zero-order valence-electron chi connectivity index (χ0n) is 12.1. The van der Waals surface area contributed by atoms with Crippen LogP contribution >= 0.6 is 0 Å². The number of imidazole rings is 1. The fourth-order valence-electron chi connectivity index (χ4n) is 2.79. The van der Waals surface area contributed by atoms with E-state index >= 15 is 0 Å². The van der Waals surface area contributed by atoms with Gasteiger partial charge in [-0.25, -0.2) is 9.78 Å². The van der Waals surface area contributed by atoms with Gasteiger partial charge in [0.25, 0.3) is 5.91 Å². The topological polar surface area (TPSA) is 63.9 Å². The van der Waals surface area contributed by atoms with Gasteiger partial charge in [-0.2, -0.15) is 0 Å². The maximum atomic E-state index is 12.6. The van der Waals surface area contributed by atoms with Gasteiger partial charge in [-0.05, 0) is 31.9 Å². The van der Waals surface area contributed by atoms with Gasteiger partial charge in [-0.1, -0.05) is 6.07 Å². The fraction of sp³-hybridized carbons (Fsp3) is 0.400. The molecule has 3 rings (SSSR count). The van der Waals surface area contributed by atoms with Gasteiger partial charge in [0.1, 0.15) is 17.4 Å². The molecule has 0 aliphatic carbocycles. The predicted molar refractivity (Wildman–Crippen MR) is 76.0 cm³/mol. The SMILES string of the molecule is COC(=O)C1CCCN1C(=O)c1cn2c(C)cccc2n1. The van der Waals surface area contributed by atoms with Crippen LogP contribution in [0.15, 0.2) is 24.4 Å². The van der Waals surface area contributed by atoms with Crippen molar-refractivity contribution in [3.63, 3.8) is 0 Å². The van der Waals surface area contributed by atoms with Gasteiger partial charge in [0, 0.05) is 18.4 Å². The number of rotatable bonds is 2. The zero-order chi connectivity index (χ0) is 15.0. The normalized spacial score (nSPS) is 18.2. The number of nitrogens with zero attached hydrogens (tertiary/aromatic N) is 3. The van der Waals surface area contributed by atoms with Gasteiger partial charge >= 0.3 is 5.97 Å². The maximum Gasteiger partial charge on any atom is 0.328 e. The van der Waals surface area contributed by atoms with E-state index in [-0.39, 0.29) is 11.9 Å². The standard InChI is InChI=1S/C15H17N3O3/c1-10-5-3-7-13-16-11(9-18(10)13)14(19)17-8-4-6-12(17)15(20)21-2/h3,5,7,9,12H,4,6,8H2,1-2H3. The van der Waals surface area contributed by atoms with Crippen LogP contribution in [0, 0.1) is 6.92 Å². The van der Waals surface area contributed by atoms with Crippen LogP contribution in [0.5, 0.6) is 0 Å². The molecule has 2 aromatic rings. The van der Waals surface area contributed by atoms with E-state index in [4.69, 9.17) is 4.74 Å². The van der Waals surface area contributed by atoms with Crippen molar-refractivity contribution >= 4 is 17.5 Å². The van der Waals surface area contributed by atoms with Gasteiger partial charge in [-0.3, -0.25) is 4.79 Å². The lowest BCUT2D eigenvalue weighted by Crippen LogP contribution is -2.41. The van der Waals surface area contributed by atoms with Crippen molar-refractivity contribution in [1.29, 1.82) is 0 Å². The van der Waals surface area contributed by atoms with Crippen LogP contribution in [-0.2, 0) is 9.53 Å². The molecular formula is C15H17N3O3. The van der Waals surface area contributed by atoms with Gasteiger partial charge in [0.2, 0.25) is 0 Å². The molecule has 1 saturated heterocycles. The van der Waals surface area contributed by atoms with Crippen molar-refractivity contribution in [3.8, 4) is 0 Å². The lowest BCUT2D eigenvalue weighted by atomic mass is 10.2. The number of hydrogen-bond donors (Lipinski definition) is 0. The molecular weight excluding hydrogens is 270 g/mol. The Morgan fingerprint density at radius 2 is 2.19 bits per heavy atom. The first-order chi connectivity index (χ1) is 10.1. The molecule has 110 valence electrons. The number of likely N-dealkylation sites (tertiary alicyclic amines) is 1. The summed E-state index contributed by atoms with van der Waals surface area (Å²) >= 11 is 0. The molecule has 0 spiro atoms. The largest absolute Gasteiger partial charge is 0.467 e. The molecule has 1 atom stereocenters. The molecule has 1 unspecified atom stereocenters. The van der Waals surface area contributed by atoms with Crippen molar-refractivity contribution < 1.29 is 14.3 Å². The highest BCUT2D eigenvalue weighted by molar-refractivity contribution is 5.96. The lowest BCUT2D eigenvalue weighted by molar-refractivity contribution is -0.145. The Morgan fingerprint density at radius 1 is 1.38 bits per heavy atom. The number of ether oxygens (including phenoxy) is 1. The van der Waals surface area contributed by atoms with Crippen molar-refractivity contribution in [3.05, 3.63) is 35.8 Å². The highest BCUT2D eigenvalue weighted by Gasteiger charge is 2.36. The minimum atomic E-state index is -0.492. The Kier molecular flexibility index (Phi) is 3.37. The number of aryl methyl sites for hydroxylation is 1. The van der Waals surface area contributed by atoms with Crippen LogP contribution < -0.4 is 0 Å². The Hall–Kier alpha value is -2.37. The average Bonchev–Trinajstić information content (AvgIpc) is 3.13. The van der Waals surface area contributed by atoms with Gasteiger partial charge < -0.3 is 14.0 Å². The van der Waals surface area contributed by atoms with E-state index in [1.54, 1.807) is 11.1 Å². The quantitative estimate of drug-likeness (QED) is 0.784. The first kappa shape index (κ1) is 13.6. The van der Waals surface area contributed by atoms with Crippen LogP contribution in [0.2, 0.25) is 0 Å². The maximum absolute atomic E-state index is 12.6. The number of amides is 1. The molecule has 6 nitrogen and oxygen atoms in total. The van der Waals surface area contributed by atoms with Crippen LogP contribution in [0.25, 0.3) is 5.65 Å². The summed E-state index contributed by atoms with van der Waals surface area (Å²) in [6.07, 6.45) is 3.17. The number of methoxy groups -OCH3 is 1. The van der Waals surface area contributed by atoms with Crippen molar-refractivity contribution in [1.82, 2.24) is 14.3 Å². The Balaban J connectivity index is 1.93. The second-order valence-corrected chi connectivity index (χ2v) is 5.20. The predicted octanol–water partition coefficient (Wildman–Crippen LogP) is 1.42. The second kappa shape index (κ2) is 5.20. The molecule has 2 aromatic heterocycles. The van der Waals surface area contributed by atoms with Crippen molar-refractivity contribution in [2.24, 2.45) is 0 Å². The summed E-state index contributed by atoms with van der Waals surface area (Å²) in [5, 5.41) is 0. The Labute approximate surface area is 122 Å². The Morgan fingerprint density at radius 3 is 2.90 bits per heavy atom. The number of hydrogen-bond acceptors (Lipinski definition) is 4.